The second kappa shape index (κ2) is 22.9. The highest BCUT2D eigenvalue weighted by Gasteiger charge is 2.39. The fraction of sp³-hybridized carbons (Fsp3) is 0.677. The summed E-state index contributed by atoms with van der Waals surface area (Å²) in [5, 5.41) is 50.9. The average molecular weight is 791 g/mol. The van der Waals surface area contributed by atoms with E-state index in [1.807, 2.05) is 0 Å². The summed E-state index contributed by atoms with van der Waals surface area (Å²) in [5.41, 5.74) is 5.44. The Hall–Kier alpha value is -5.03. The molecule has 22 nitrogen and oxygen atoms in total. The van der Waals surface area contributed by atoms with Crippen LogP contribution in [0.1, 0.15) is 59.3 Å². The molecule has 8 unspecified atom stereocenters. The lowest BCUT2D eigenvalue weighted by atomic mass is 10.1. The first-order chi connectivity index (χ1) is 25.2. The first-order valence-corrected chi connectivity index (χ1v) is 18.3. The third kappa shape index (κ3) is 15.5. The number of thioether (sulfide) groups is 1. The Labute approximate surface area is 314 Å². The van der Waals surface area contributed by atoms with Crippen molar-refractivity contribution in [1.29, 1.82) is 0 Å². The Kier molecular flexibility index (Phi) is 19.9. The van der Waals surface area contributed by atoms with E-state index in [2.05, 4.69) is 31.9 Å². The van der Waals surface area contributed by atoms with Crippen molar-refractivity contribution in [2.75, 3.05) is 25.2 Å². The van der Waals surface area contributed by atoms with Crippen molar-refractivity contribution in [3.63, 3.8) is 0 Å². The number of carbonyl (C=O) groups is 10. The van der Waals surface area contributed by atoms with Gasteiger partial charge in [-0.3, -0.25) is 43.2 Å². The van der Waals surface area contributed by atoms with E-state index in [1.165, 1.54) is 32.5 Å². The van der Waals surface area contributed by atoms with E-state index in [4.69, 9.17) is 10.8 Å². The van der Waals surface area contributed by atoms with Crippen LogP contribution < -0.4 is 37.6 Å². The first kappa shape index (κ1) is 47.0. The molecule has 0 aromatic rings. The number of carbonyl (C=O) groups excluding carboxylic acids is 7. The van der Waals surface area contributed by atoms with Gasteiger partial charge in [-0.25, -0.2) is 4.79 Å². The van der Waals surface area contributed by atoms with E-state index in [-0.39, 0.29) is 25.8 Å². The van der Waals surface area contributed by atoms with Crippen LogP contribution in [0.5, 0.6) is 0 Å². The lowest BCUT2D eigenvalue weighted by Crippen LogP contribution is -2.60. The molecule has 1 heterocycles. The molecule has 0 spiro atoms. The van der Waals surface area contributed by atoms with Gasteiger partial charge in [0.05, 0.1) is 19.1 Å². The number of nitrogens with one attached hydrogen (secondary N) is 6. The summed E-state index contributed by atoms with van der Waals surface area (Å²) in [6.07, 6.45) is 0.398. The second-order valence-electron chi connectivity index (χ2n) is 12.5. The summed E-state index contributed by atoms with van der Waals surface area (Å²) in [6.45, 7) is 3.10. The zero-order valence-corrected chi connectivity index (χ0v) is 31.1. The van der Waals surface area contributed by atoms with Gasteiger partial charge in [-0.1, -0.05) is 0 Å². The summed E-state index contributed by atoms with van der Waals surface area (Å²) in [6, 6.07) is -10.9. The minimum absolute atomic E-state index is 0.00278. The molecule has 1 fully saturated rings. The smallest absolute Gasteiger partial charge is 0.326 e. The van der Waals surface area contributed by atoms with Gasteiger partial charge in [0.1, 0.15) is 42.3 Å². The zero-order valence-electron chi connectivity index (χ0n) is 30.3. The predicted molar refractivity (Wildman–Crippen MR) is 188 cm³/mol. The predicted octanol–water partition coefficient (Wildman–Crippen LogP) is -4.56. The van der Waals surface area contributed by atoms with Gasteiger partial charge >= 0.3 is 17.9 Å². The van der Waals surface area contributed by atoms with Gasteiger partial charge in [-0.15, -0.1) is 0 Å². The van der Waals surface area contributed by atoms with Crippen LogP contribution in [0.3, 0.4) is 0 Å². The van der Waals surface area contributed by atoms with Gasteiger partial charge < -0.3 is 63.0 Å². The maximum absolute atomic E-state index is 13.4. The molecule has 1 aliphatic heterocycles. The number of rotatable bonds is 23. The highest BCUT2D eigenvalue weighted by Crippen LogP contribution is 2.19. The molecule has 8 atom stereocenters. The molecule has 0 saturated carbocycles. The van der Waals surface area contributed by atoms with Crippen LogP contribution in [0.4, 0.5) is 0 Å². The van der Waals surface area contributed by atoms with E-state index in [0.29, 0.717) is 12.2 Å². The average Bonchev–Trinajstić information content (AvgIpc) is 3.59. The van der Waals surface area contributed by atoms with Crippen LogP contribution in [0.2, 0.25) is 0 Å². The lowest BCUT2D eigenvalue weighted by molar-refractivity contribution is -0.145. The van der Waals surface area contributed by atoms with Crippen LogP contribution in [-0.2, 0) is 47.9 Å². The number of nitrogens with zero attached hydrogens (tertiary/aromatic N) is 1. The summed E-state index contributed by atoms with van der Waals surface area (Å²) in [4.78, 5) is 126. The molecule has 304 valence electrons. The number of aliphatic hydroxyl groups excluding tert-OH is 1. The number of likely N-dealkylation sites (tertiary alicyclic amines) is 1. The van der Waals surface area contributed by atoms with Crippen molar-refractivity contribution in [1.82, 2.24) is 36.8 Å². The van der Waals surface area contributed by atoms with Crippen LogP contribution in [-0.4, -0.2) is 158 Å². The molecule has 0 aromatic heterocycles. The Balaban J connectivity index is 3.03. The van der Waals surface area contributed by atoms with Crippen molar-refractivity contribution in [2.24, 2.45) is 5.73 Å². The topological polar surface area (TPSA) is 353 Å². The molecule has 1 saturated heterocycles. The third-order valence-electron chi connectivity index (χ3n) is 8.07. The van der Waals surface area contributed by atoms with Crippen molar-refractivity contribution in [2.45, 2.75) is 108 Å². The minimum Gasteiger partial charge on any atom is -0.481 e. The summed E-state index contributed by atoms with van der Waals surface area (Å²) in [7, 11) is 0. The molecule has 7 amide bonds. The molecule has 0 aromatic carbocycles. The zero-order chi connectivity index (χ0) is 41.3. The largest absolute Gasteiger partial charge is 0.481 e. The summed E-state index contributed by atoms with van der Waals surface area (Å²) < 4.78 is 0. The first-order valence-electron chi connectivity index (χ1n) is 16.9. The maximum atomic E-state index is 13.4. The third-order valence-corrected chi connectivity index (χ3v) is 8.71. The number of hydrogen-bond acceptors (Lipinski definition) is 13. The highest BCUT2D eigenvalue weighted by molar-refractivity contribution is 7.98. The van der Waals surface area contributed by atoms with Gasteiger partial charge in [0.15, 0.2) is 0 Å². The molecular weight excluding hydrogens is 740 g/mol. The number of carboxylic acid groups (broad SMARTS) is 3. The standard InChI is InChI=1S/C31H50N8O14S/c1-14(32)24(45)38-20(13-40)28(49)33-15(2)25(46)37-19(12-23(43)44)27(48)35-17(9-11-54-4)26(47)34-16(3)30(51)39-10-5-6-21(39)29(50)36-18(31(52)53)7-8-22(41)42/h14-21,40H,5-13,32H2,1-4H3,(H,33,49)(H,34,47)(H,35,48)(H,36,50)(H,37,46)(H,38,45)(H,41,42)(H,43,44)(H,52,53). The van der Waals surface area contributed by atoms with Crippen LogP contribution in [0.15, 0.2) is 0 Å². The number of aliphatic hydroxyl groups is 1. The van der Waals surface area contributed by atoms with E-state index in [1.54, 1.807) is 6.26 Å². The Morgan fingerprint density at radius 3 is 1.80 bits per heavy atom. The lowest BCUT2D eigenvalue weighted by Gasteiger charge is -2.29. The van der Waals surface area contributed by atoms with E-state index in [9.17, 15) is 63.3 Å². The van der Waals surface area contributed by atoms with Gasteiger partial charge in [-0.05, 0) is 58.5 Å². The van der Waals surface area contributed by atoms with Gasteiger partial charge in [0.2, 0.25) is 41.4 Å². The fourth-order valence-corrected chi connectivity index (χ4v) is 5.53. The number of hydrogen-bond donors (Lipinski definition) is 11. The minimum atomic E-state index is -1.75. The highest BCUT2D eigenvalue weighted by atomic mass is 32.2. The molecule has 54 heavy (non-hydrogen) atoms. The molecule has 0 bridgehead atoms. The Bertz CT molecular complexity index is 1420. The number of carboxylic acids is 3. The molecule has 0 aliphatic carbocycles. The van der Waals surface area contributed by atoms with Crippen molar-refractivity contribution in [3.05, 3.63) is 0 Å². The van der Waals surface area contributed by atoms with Gasteiger partial charge in [0, 0.05) is 13.0 Å². The van der Waals surface area contributed by atoms with Gasteiger partial charge in [-0.2, -0.15) is 11.8 Å². The van der Waals surface area contributed by atoms with Crippen molar-refractivity contribution >= 4 is 71.0 Å². The molecule has 23 heteroatoms. The normalized spacial score (nSPS) is 17.6. The molecule has 12 N–H and O–H groups in total. The van der Waals surface area contributed by atoms with Crippen LogP contribution in [0.25, 0.3) is 0 Å². The maximum Gasteiger partial charge on any atom is 0.326 e. The molecule has 0 radical (unpaired) electrons. The summed E-state index contributed by atoms with van der Waals surface area (Å²) in [5.74, 6) is -10.1. The Morgan fingerprint density at radius 2 is 1.26 bits per heavy atom. The quantitative estimate of drug-likeness (QED) is 0.0464. The number of aliphatic carboxylic acids is 3. The van der Waals surface area contributed by atoms with Crippen molar-refractivity contribution < 1.29 is 68.4 Å². The van der Waals surface area contributed by atoms with E-state index >= 15 is 0 Å². The number of amides is 7. The molecule has 1 aliphatic rings. The molecular formula is C31H50N8O14S. The van der Waals surface area contributed by atoms with E-state index < -0.39 is 127 Å². The van der Waals surface area contributed by atoms with Gasteiger partial charge in [0.25, 0.3) is 0 Å². The Morgan fingerprint density at radius 1 is 0.704 bits per heavy atom. The second-order valence-corrected chi connectivity index (χ2v) is 13.5. The van der Waals surface area contributed by atoms with E-state index in [0.717, 1.165) is 4.90 Å². The number of nitrogens with two attached hydrogens (primary N) is 1. The monoisotopic (exact) mass is 790 g/mol. The SMILES string of the molecule is CSCCC(NC(=O)C(CC(=O)O)NC(=O)C(C)NC(=O)C(CO)NC(=O)C(C)N)C(=O)NC(C)C(=O)N1CCCC1C(=O)NC(CCC(=O)O)C(=O)O. The fourth-order valence-electron chi connectivity index (χ4n) is 5.05. The van der Waals surface area contributed by atoms with Crippen LogP contribution in [0, 0.1) is 0 Å². The summed E-state index contributed by atoms with van der Waals surface area (Å²) >= 11 is 1.30. The van der Waals surface area contributed by atoms with Crippen molar-refractivity contribution in [3.8, 4) is 0 Å². The van der Waals surface area contributed by atoms with Crippen LogP contribution >= 0.6 is 11.8 Å². The molecule has 1 rings (SSSR count).